The second kappa shape index (κ2) is 8.63. The molecule has 0 aromatic carbocycles. The third-order valence-electron chi connectivity index (χ3n) is 7.60. The van der Waals surface area contributed by atoms with Gasteiger partial charge >= 0.3 is 0 Å². The standard InChI is InChI=1S/C24H35N3O2/c28-24-9-5-4-8-22-20-10-11-23(25-21(20)14-17-27(22)24)29-19-12-15-26(16-13-19)18-6-2-1-3-7-18/h10-11,18-19,22H,1-9,12-17H2. The number of likely N-dealkylation sites (tertiary alicyclic amines) is 1. The van der Waals surface area contributed by atoms with Gasteiger partial charge in [0.15, 0.2) is 0 Å². The molecule has 1 saturated carbocycles. The number of rotatable bonds is 3. The smallest absolute Gasteiger partial charge is 0.223 e. The van der Waals surface area contributed by atoms with E-state index < -0.39 is 0 Å². The minimum absolute atomic E-state index is 0.231. The minimum Gasteiger partial charge on any atom is -0.474 e. The summed E-state index contributed by atoms with van der Waals surface area (Å²) in [5, 5.41) is 0. The van der Waals surface area contributed by atoms with Crippen LogP contribution in [-0.4, -0.2) is 52.5 Å². The van der Waals surface area contributed by atoms with Gasteiger partial charge in [0.25, 0.3) is 0 Å². The number of aromatic nitrogens is 1. The molecule has 1 atom stereocenters. The first-order valence-electron chi connectivity index (χ1n) is 12.0. The fraction of sp³-hybridized carbons (Fsp3) is 0.750. The van der Waals surface area contributed by atoms with E-state index in [4.69, 9.17) is 9.72 Å². The van der Waals surface area contributed by atoms with Crippen LogP contribution in [0.25, 0.3) is 0 Å². The first-order chi connectivity index (χ1) is 14.3. The van der Waals surface area contributed by atoms with Gasteiger partial charge < -0.3 is 14.5 Å². The highest BCUT2D eigenvalue weighted by molar-refractivity contribution is 5.77. The molecule has 0 radical (unpaired) electrons. The minimum atomic E-state index is 0.231. The molecular formula is C24H35N3O2. The normalized spacial score (nSPS) is 27.2. The number of amides is 1. The number of fused-ring (bicyclic) bond motifs is 3. The summed E-state index contributed by atoms with van der Waals surface area (Å²) in [6.07, 6.45) is 14.3. The van der Waals surface area contributed by atoms with Gasteiger partial charge in [-0.15, -0.1) is 0 Å². The third kappa shape index (κ3) is 4.16. The van der Waals surface area contributed by atoms with E-state index in [2.05, 4.69) is 15.9 Å². The molecular weight excluding hydrogens is 362 g/mol. The van der Waals surface area contributed by atoms with Gasteiger partial charge in [-0.25, -0.2) is 4.98 Å². The van der Waals surface area contributed by atoms with Crippen molar-refractivity contribution < 1.29 is 9.53 Å². The lowest BCUT2D eigenvalue weighted by atomic mass is 9.92. The molecule has 1 aliphatic carbocycles. The van der Waals surface area contributed by atoms with E-state index in [9.17, 15) is 4.79 Å². The Kier molecular flexibility index (Phi) is 5.76. The average molecular weight is 398 g/mol. The molecule has 5 rings (SSSR count). The quantitative estimate of drug-likeness (QED) is 0.765. The Balaban J connectivity index is 1.21. The molecule has 1 aromatic heterocycles. The number of hydrogen-bond acceptors (Lipinski definition) is 4. The van der Waals surface area contributed by atoms with Crippen LogP contribution in [-0.2, 0) is 11.2 Å². The second-order valence-corrected chi connectivity index (χ2v) is 9.43. The molecule has 5 heteroatoms. The Labute approximate surface area is 174 Å². The molecule has 0 N–H and O–H groups in total. The van der Waals surface area contributed by atoms with Crippen LogP contribution in [0.4, 0.5) is 0 Å². The number of pyridine rings is 1. The molecule has 3 fully saturated rings. The predicted octanol–water partition coefficient (Wildman–Crippen LogP) is 4.26. The molecule has 0 spiro atoms. The molecule has 1 amide bonds. The van der Waals surface area contributed by atoms with Crippen LogP contribution in [0.5, 0.6) is 5.88 Å². The van der Waals surface area contributed by atoms with Crippen LogP contribution in [0.3, 0.4) is 0 Å². The van der Waals surface area contributed by atoms with Gasteiger partial charge in [-0.1, -0.05) is 25.7 Å². The Morgan fingerprint density at radius 1 is 0.862 bits per heavy atom. The highest BCUT2D eigenvalue weighted by Crippen LogP contribution is 2.36. The van der Waals surface area contributed by atoms with Crippen molar-refractivity contribution in [3.05, 3.63) is 23.4 Å². The number of hydrogen-bond donors (Lipinski definition) is 0. The number of carbonyl (C=O) groups is 1. The average Bonchev–Trinajstić information content (AvgIpc) is 2.96. The van der Waals surface area contributed by atoms with E-state index in [-0.39, 0.29) is 6.04 Å². The molecule has 0 bridgehead atoms. The molecule has 29 heavy (non-hydrogen) atoms. The number of carbonyl (C=O) groups excluding carboxylic acids is 1. The van der Waals surface area contributed by atoms with Crippen molar-refractivity contribution in [2.24, 2.45) is 0 Å². The lowest BCUT2D eigenvalue weighted by Crippen LogP contribution is -2.44. The Bertz CT molecular complexity index is 723. The summed E-state index contributed by atoms with van der Waals surface area (Å²) in [7, 11) is 0. The summed E-state index contributed by atoms with van der Waals surface area (Å²) in [5.74, 6) is 1.11. The highest BCUT2D eigenvalue weighted by atomic mass is 16.5. The summed E-state index contributed by atoms with van der Waals surface area (Å²) in [6.45, 7) is 3.14. The van der Waals surface area contributed by atoms with Crippen molar-refractivity contribution >= 4 is 5.91 Å². The summed E-state index contributed by atoms with van der Waals surface area (Å²) in [4.78, 5) is 22.1. The van der Waals surface area contributed by atoms with Crippen molar-refractivity contribution in [3.8, 4) is 5.88 Å². The van der Waals surface area contributed by atoms with Gasteiger partial charge in [-0.2, -0.15) is 0 Å². The molecule has 1 aromatic rings. The fourth-order valence-corrected chi connectivity index (χ4v) is 5.95. The summed E-state index contributed by atoms with van der Waals surface area (Å²) in [6, 6.07) is 5.28. The Morgan fingerprint density at radius 2 is 1.66 bits per heavy atom. The van der Waals surface area contributed by atoms with Gasteiger partial charge in [0.05, 0.1) is 11.7 Å². The van der Waals surface area contributed by atoms with Crippen LogP contribution in [0.2, 0.25) is 0 Å². The molecule has 4 aliphatic rings. The van der Waals surface area contributed by atoms with Crippen LogP contribution in [0.15, 0.2) is 12.1 Å². The summed E-state index contributed by atoms with van der Waals surface area (Å²) >= 11 is 0. The van der Waals surface area contributed by atoms with E-state index >= 15 is 0 Å². The van der Waals surface area contributed by atoms with E-state index in [1.165, 1.54) is 50.8 Å². The molecule has 158 valence electrons. The van der Waals surface area contributed by atoms with Gasteiger partial charge in [0.1, 0.15) is 6.10 Å². The number of piperidine rings is 1. The van der Waals surface area contributed by atoms with E-state index in [1.54, 1.807) is 0 Å². The zero-order valence-corrected chi connectivity index (χ0v) is 17.7. The van der Waals surface area contributed by atoms with Gasteiger partial charge in [0.2, 0.25) is 11.8 Å². The maximum Gasteiger partial charge on any atom is 0.223 e. The van der Waals surface area contributed by atoms with Crippen molar-refractivity contribution in [2.45, 2.75) is 95.2 Å². The van der Waals surface area contributed by atoms with Crippen LogP contribution < -0.4 is 4.74 Å². The monoisotopic (exact) mass is 397 g/mol. The maximum atomic E-state index is 12.4. The Morgan fingerprint density at radius 3 is 2.48 bits per heavy atom. The first kappa shape index (κ1) is 19.3. The van der Waals surface area contributed by atoms with Crippen LogP contribution in [0.1, 0.15) is 87.9 Å². The van der Waals surface area contributed by atoms with Crippen molar-refractivity contribution in [1.82, 2.24) is 14.8 Å². The lowest BCUT2D eigenvalue weighted by molar-refractivity contribution is -0.133. The topological polar surface area (TPSA) is 45.7 Å². The van der Waals surface area contributed by atoms with E-state index in [1.807, 2.05) is 6.07 Å². The zero-order chi connectivity index (χ0) is 19.6. The number of nitrogens with zero attached hydrogens (tertiary/aromatic N) is 3. The predicted molar refractivity (Wildman–Crippen MR) is 113 cm³/mol. The van der Waals surface area contributed by atoms with Crippen molar-refractivity contribution in [3.63, 3.8) is 0 Å². The number of ether oxygens (including phenoxy) is 1. The summed E-state index contributed by atoms with van der Waals surface area (Å²) in [5.41, 5.74) is 2.41. The lowest BCUT2D eigenvalue weighted by Gasteiger charge is -2.39. The molecule has 4 heterocycles. The SMILES string of the molecule is O=C1CCCCC2c3ccc(OC4CCN(C5CCCCC5)CC4)nc3CCN12. The fourth-order valence-electron chi connectivity index (χ4n) is 5.95. The first-order valence-corrected chi connectivity index (χ1v) is 12.0. The van der Waals surface area contributed by atoms with Crippen molar-refractivity contribution in [2.75, 3.05) is 19.6 Å². The van der Waals surface area contributed by atoms with Crippen molar-refractivity contribution in [1.29, 1.82) is 0 Å². The van der Waals surface area contributed by atoms with Gasteiger partial charge in [0, 0.05) is 44.6 Å². The van der Waals surface area contributed by atoms with Gasteiger partial charge in [-0.3, -0.25) is 4.79 Å². The largest absolute Gasteiger partial charge is 0.474 e. The molecule has 5 nitrogen and oxygen atoms in total. The highest BCUT2D eigenvalue weighted by Gasteiger charge is 2.33. The van der Waals surface area contributed by atoms with Crippen LogP contribution >= 0.6 is 0 Å². The third-order valence-corrected chi connectivity index (χ3v) is 7.60. The van der Waals surface area contributed by atoms with Gasteiger partial charge in [-0.05, 0) is 50.2 Å². The Hall–Kier alpha value is -1.62. The van der Waals surface area contributed by atoms with Crippen LogP contribution in [0, 0.1) is 0 Å². The van der Waals surface area contributed by atoms with E-state index in [0.29, 0.717) is 18.4 Å². The maximum absolute atomic E-state index is 12.4. The summed E-state index contributed by atoms with van der Waals surface area (Å²) < 4.78 is 6.32. The molecule has 3 aliphatic heterocycles. The molecule has 1 unspecified atom stereocenters. The second-order valence-electron chi connectivity index (χ2n) is 9.43. The van der Waals surface area contributed by atoms with E-state index in [0.717, 1.165) is 62.7 Å². The molecule has 2 saturated heterocycles. The zero-order valence-electron chi connectivity index (χ0n) is 17.7.